The van der Waals surface area contributed by atoms with Gasteiger partial charge < -0.3 is 10.1 Å². The summed E-state index contributed by atoms with van der Waals surface area (Å²) in [6.07, 6.45) is 0. The van der Waals surface area contributed by atoms with Gasteiger partial charge in [0.25, 0.3) is 0 Å². The maximum atomic E-state index is 13.8. The molecule has 0 aliphatic rings. The summed E-state index contributed by atoms with van der Waals surface area (Å²) >= 11 is 0. The summed E-state index contributed by atoms with van der Waals surface area (Å²) in [7, 11) is 1.63. The summed E-state index contributed by atoms with van der Waals surface area (Å²) in [6.45, 7) is 2.32. The molecule has 0 aliphatic carbocycles. The minimum Gasteiger partial charge on any atom is -0.383 e. The largest absolute Gasteiger partial charge is 0.383 e. The van der Waals surface area contributed by atoms with Crippen molar-refractivity contribution in [1.29, 1.82) is 0 Å². The second-order valence-electron chi connectivity index (χ2n) is 4.97. The molecular formula is C17H19F2NO. The van der Waals surface area contributed by atoms with E-state index in [-0.39, 0.29) is 12.1 Å². The average molecular weight is 291 g/mol. The molecule has 0 aromatic heterocycles. The molecule has 2 nitrogen and oxygen atoms in total. The van der Waals surface area contributed by atoms with Gasteiger partial charge in [0.15, 0.2) is 0 Å². The first-order valence-electron chi connectivity index (χ1n) is 6.86. The van der Waals surface area contributed by atoms with E-state index in [0.717, 1.165) is 11.6 Å². The van der Waals surface area contributed by atoms with Crippen molar-refractivity contribution in [1.82, 2.24) is 5.32 Å². The first-order chi connectivity index (χ1) is 10.1. The molecule has 0 saturated heterocycles. The number of halogens is 2. The molecule has 2 unspecified atom stereocenters. The van der Waals surface area contributed by atoms with Crippen LogP contribution in [-0.2, 0) is 4.74 Å². The Morgan fingerprint density at radius 1 is 1.10 bits per heavy atom. The highest BCUT2D eigenvalue weighted by molar-refractivity contribution is 5.24. The van der Waals surface area contributed by atoms with Crippen molar-refractivity contribution >= 4 is 0 Å². The monoisotopic (exact) mass is 291 g/mol. The van der Waals surface area contributed by atoms with E-state index in [1.807, 2.05) is 37.3 Å². The molecule has 0 saturated carbocycles. The van der Waals surface area contributed by atoms with Crippen LogP contribution in [0.25, 0.3) is 0 Å². The molecule has 0 spiro atoms. The van der Waals surface area contributed by atoms with E-state index in [9.17, 15) is 8.78 Å². The topological polar surface area (TPSA) is 21.3 Å². The molecule has 2 atom stereocenters. The minimum absolute atomic E-state index is 0.0596. The Balaban J connectivity index is 2.16. The lowest BCUT2D eigenvalue weighted by Crippen LogP contribution is -2.28. The van der Waals surface area contributed by atoms with E-state index >= 15 is 0 Å². The normalized spacial score (nSPS) is 13.9. The lowest BCUT2D eigenvalue weighted by Gasteiger charge is -2.24. The van der Waals surface area contributed by atoms with Gasteiger partial charge in [-0.15, -0.1) is 0 Å². The van der Waals surface area contributed by atoms with Gasteiger partial charge >= 0.3 is 0 Å². The van der Waals surface area contributed by atoms with Crippen LogP contribution in [-0.4, -0.2) is 13.7 Å². The zero-order chi connectivity index (χ0) is 15.2. The molecule has 4 heteroatoms. The first-order valence-corrected chi connectivity index (χ1v) is 6.86. The van der Waals surface area contributed by atoms with E-state index in [4.69, 9.17) is 4.74 Å². The van der Waals surface area contributed by atoms with Gasteiger partial charge in [0, 0.05) is 24.8 Å². The molecule has 1 N–H and O–H groups in total. The highest BCUT2D eigenvalue weighted by Crippen LogP contribution is 2.22. The van der Waals surface area contributed by atoms with E-state index in [1.165, 1.54) is 12.1 Å². The molecule has 112 valence electrons. The van der Waals surface area contributed by atoms with Crippen molar-refractivity contribution in [2.45, 2.75) is 19.0 Å². The van der Waals surface area contributed by atoms with Gasteiger partial charge in [-0.1, -0.05) is 36.4 Å². The van der Waals surface area contributed by atoms with Gasteiger partial charge in [0.2, 0.25) is 0 Å². The van der Waals surface area contributed by atoms with Crippen molar-refractivity contribution in [3.05, 3.63) is 71.3 Å². The van der Waals surface area contributed by atoms with Crippen LogP contribution >= 0.6 is 0 Å². The Morgan fingerprint density at radius 3 is 2.43 bits per heavy atom. The third kappa shape index (κ3) is 4.09. The van der Waals surface area contributed by atoms with E-state index < -0.39 is 11.6 Å². The molecule has 0 radical (unpaired) electrons. The number of hydrogen-bond donors (Lipinski definition) is 1. The van der Waals surface area contributed by atoms with Crippen LogP contribution in [0.2, 0.25) is 0 Å². The zero-order valence-electron chi connectivity index (χ0n) is 12.1. The molecule has 0 amide bonds. The summed E-state index contributed by atoms with van der Waals surface area (Å²) in [5, 5.41) is 3.32. The zero-order valence-corrected chi connectivity index (χ0v) is 12.1. The molecule has 0 heterocycles. The molecule has 0 aliphatic heterocycles. The van der Waals surface area contributed by atoms with Gasteiger partial charge in [0.05, 0.1) is 12.6 Å². The van der Waals surface area contributed by atoms with E-state index in [2.05, 4.69) is 5.32 Å². The van der Waals surface area contributed by atoms with Crippen molar-refractivity contribution in [2.24, 2.45) is 0 Å². The molecular weight excluding hydrogens is 272 g/mol. The van der Waals surface area contributed by atoms with Crippen molar-refractivity contribution in [2.75, 3.05) is 13.7 Å². The standard InChI is InChI=1S/C17H19F2NO/c1-12(15-9-8-14(18)10-16(15)19)20-17(11-21-2)13-6-4-3-5-7-13/h3-10,12,17,20H,11H2,1-2H3. The smallest absolute Gasteiger partial charge is 0.130 e. The van der Waals surface area contributed by atoms with Crippen LogP contribution in [0.5, 0.6) is 0 Å². The maximum absolute atomic E-state index is 13.8. The van der Waals surface area contributed by atoms with Gasteiger partial charge in [-0.25, -0.2) is 8.78 Å². The van der Waals surface area contributed by atoms with Crippen LogP contribution in [0.3, 0.4) is 0 Å². The van der Waals surface area contributed by atoms with Crippen molar-refractivity contribution < 1.29 is 13.5 Å². The van der Waals surface area contributed by atoms with Crippen LogP contribution in [0, 0.1) is 11.6 Å². The second kappa shape index (κ2) is 7.29. The summed E-state index contributed by atoms with van der Waals surface area (Å²) in [5.74, 6) is -1.11. The summed E-state index contributed by atoms with van der Waals surface area (Å²) < 4.78 is 32.0. The van der Waals surface area contributed by atoms with E-state index in [1.54, 1.807) is 7.11 Å². The highest BCUT2D eigenvalue weighted by atomic mass is 19.1. The highest BCUT2D eigenvalue weighted by Gasteiger charge is 2.17. The van der Waals surface area contributed by atoms with E-state index in [0.29, 0.717) is 12.2 Å². The van der Waals surface area contributed by atoms with Crippen LogP contribution in [0.4, 0.5) is 8.78 Å². The summed E-state index contributed by atoms with van der Waals surface area (Å²) in [6, 6.07) is 13.1. The van der Waals surface area contributed by atoms with Gasteiger partial charge in [-0.3, -0.25) is 0 Å². The lowest BCUT2D eigenvalue weighted by molar-refractivity contribution is 0.161. The van der Waals surface area contributed by atoms with Crippen LogP contribution in [0.15, 0.2) is 48.5 Å². The fourth-order valence-corrected chi connectivity index (χ4v) is 2.34. The molecule has 0 bridgehead atoms. The Bertz CT molecular complexity index is 574. The Hall–Kier alpha value is -1.78. The summed E-state index contributed by atoms with van der Waals surface area (Å²) in [4.78, 5) is 0. The number of rotatable bonds is 6. The van der Waals surface area contributed by atoms with Crippen LogP contribution in [0.1, 0.15) is 30.1 Å². The second-order valence-corrected chi connectivity index (χ2v) is 4.97. The van der Waals surface area contributed by atoms with Gasteiger partial charge in [-0.05, 0) is 18.6 Å². The van der Waals surface area contributed by atoms with Gasteiger partial charge in [-0.2, -0.15) is 0 Å². The quantitative estimate of drug-likeness (QED) is 0.868. The number of hydrogen-bond acceptors (Lipinski definition) is 2. The SMILES string of the molecule is COCC(NC(C)c1ccc(F)cc1F)c1ccccc1. The fourth-order valence-electron chi connectivity index (χ4n) is 2.34. The maximum Gasteiger partial charge on any atom is 0.130 e. The number of ether oxygens (including phenoxy) is 1. The first kappa shape index (κ1) is 15.6. The van der Waals surface area contributed by atoms with Gasteiger partial charge in [0.1, 0.15) is 11.6 Å². The number of nitrogens with one attached hydrogen (secondary N) is 1. The fraction of sp³-hybridized carbons (Fsp3) is 0.294. The van der Waals surface area contributed by atoms with Crippen molar-refractivity contribution in [3.63, 3.8) is 0 Å². The minimum atomic E-state index is -0.569. The molecule has 0 fully saturated rings. The molecule has 21 heavy (non-hydrogen) atoms. The Kier molecular flexibility index (Phi) is 5.42. The Morgan fingerprint density at radius 2 is 1.81 bits per heavy atom. The number of benzene rings is 2. The molecule has 2 aromatic rings. The van der Waals surface area contributed by atoms with Crippen molar-refractivity contribution in [3.8, 4) is 0 Å². The van der Waals surface area contributed by atoms with Crippen LogP contribution < -0.4 is 5.32 Å². The Labute approximate surface area is 123 Å². The number of methoxy groups -OCH3 is 1. The molecule has 2 aromatic carbocycles. The predicted octanol–water partition coefficient (Wildman–Crippen LogP) is 4.00. The average Bonchev–Trinajstić information content (AvgIpc) is 2.47. The third-order valence-corrected chi connectivity index (χ3v) is 3.42. The predicted molar refractivity (Wildman–Crippen MR) is 79.0 cm³/mol. The lowest BCUT2D eigenvalue weighted by atomic mass is 10.0. The summed E-state index contributed by atoms with van der Waals surface area (Å²) in [5.41, 5.74) is 1.50. The molecule has 2 rings (SSSR count). The third-order valence-electron chi connectivity index (χ3n) is 3.42.